The Kier molecular flexibility index (Phi) is 5.51. The van der Waals surface area contributed by atoms with E-state index in [0.29, 0.717) is 17.9 Å². The van der Waals surface area contributed by atoms with Crippen molar-refractivity contribution in [1.29, 1.82) is 0 Å². The zero-order chi connectivity index (χ0) is 15.7. The lowest BCUT2D eigenvalue weighted by atomic mass is 9.68. The topological polar surface area (TPSA) is 41.1 Å². The molecule has 1 heterocycles. The van der Waals surface area contributed by atoms with E-state index in [9.17, 15) is 4.79 Å². The Hall–Kier alpha value is -1.06. The smallest absolute Gasteiger partial charge is 0.227 e. The molecule has 3 nitrogen and oxygen atoms in total. The standard InChI is InChI=1S/C20H28N2O.ClH/c23-19(22-18-7-4-10-21-14-18)20(12-15-5-2-1-3-6-15)13-16-8-9-17(20)11-16;/h1-3,5-6,16-18,21H,4,7-14H2,(H,22,23);1H. The number of hydrogen-bond acceptors (Lipinski definition) is 2. The lowest BCUT2D eigenvalue weighted by Crippen LogP contribution is -2.53. The number of carbonyl (C=O) groups excluding carboxylic acids is 1. The molecule has 3 fully saturated rings. The summed E-state index contributed by atoms with van der Waals surface area (Å²) in [5, 5.41) is 6.82. The molecule has 1 amide bonds. The molecular weight excluding hydrogens is 320 g/mol. The van der Waals surface area contributed by atoms with Gasteiger partial charge in [0.15, 0.2) is 0 Å². The van der Waals surface area contributed by atoms with Crippen LogP contribution in [0.3, 0.4) is 0 Å². The van der Waals surface area contributed by atoms with Crippen LogP contribution in [0.1, 0.15) is 44.1 Å². The molecule has 1 aromatic carbocycles. The van der Waals surface area contributed by atoms with Gasteiger partial charge in [0.1, 0.15) is 0 Å². The quantitative estimate of drug-likeness (QED) is 0.876. The van der Waals surface area contributed by atoms with E-state index in [-0.39, 0.29) is 17.8 Å². The van der Waals surface area contributed by atoms with Crippen LogP contribution in [0, 0.1) is 17.3 Å². The van der Waals surface area contributed by atoms with Crippen molar-refractivity contribution < 1.29 is 4.79 Å². The number of rotatable bonds is 4. The fourth-order valence-corrected chi connectivity index (χ4v) is 5.28. The Morgan fingerprint density at radius 2 is 2.04 bits per heavy atom. The van der Waals surface area contributed by atoms with Gasteiger partial charge in [-0.15, -0.1) is 12.4 Å². The molecule has 2 N–H and O–H groups in total. The summed E-state index contributed by atoms with van der Waals surface area (Å²) >= 11 is 0. The first-order chi connectivity index (χ1) is 11.3. The molecule has 0 aromatic heterocycles. The second-order valence-electron chi connectivity index (χ2n) is 7.92. The van der Waals surface area contributed by atoms with Gasteiger partial charge in [-0.25, -0.2) is 0 Å². The molecule has 4 unspecified atom stereocenters. The monoisotopic (exact) mass is 348 g/mol. The Labute approximate surface area is 151 Å². The lowest BCUT2D eigenvalue weighted by Gasteiger charge is -2.38. The fraction of sp³-hybridized carbons (Fsp3) is 0.650. The second-order valence-corrected chi connectivity index (χ2v) is 7.92. The number of halogens is 1. The maximum Gasteiger partial charge on any atom is 0.227 e. The summed E-state index contributed by atoms with van der Waals surface area (Å²) in [5.41, 5.74) is 1.17. The van der Waals surface area contributed by atoms with Crippen LogP contribution >= 0.6 is 12.4 Å². The molecule has 1 saturated heterocycles. The van der Waals surface area contributed by atoms with E-state index in [0.717, 1.165) is 38.3 Å². The van der Waals surface area contributed by atoms with Gasteiger partial charge in [0, 0.05) is 12.6 Å². The van der Waals surface area contributed by atoms with Crippen molar-refractivity contribution in [2.24, 2.45) is 17.3 Å². The van der Waals surface area contributed by atoms with Crippen molar-refractivity contribution in [1.82, 2.24) is 10.6 Å². The van der Waals surface area contributed by atoms with Gasteiger partial charge in [0.25, 0.3) is 0 Å². The maximum atomic E-state index is 13.3. The van der Waals surface area contributed by atoms with Crippen molar-refractivity contribution in [3.63, 3.8) is 0 Å². The zero-order valence-electron chi connectivity index (χ0n) is 14.3. The Morgan fingerprint density at radius 1 is 1.21 bits per heavy atom. The summed E-state index contributed by atoms with van der Waals surface area (Å²) in [6, 6.07) is 10.9. The number of benzene rings is 1. The fourth-order valence-electron chi connectivity index (χ4n) is 5.28. The van der Waals surface area contributed by atoms with Gasteiger partial charge >= 0.3 is 0 Å². The van der Waals surface area contributed by atoms with Gasteiger partial charge in [0.2, 0.25) is 5.91 Å². The third-order valence-electron chi connectivity index (χ3n) is 6.42. The van der Waals surface area contributed by atoms with Gasteiger partial charge in [-0.05, 0) is 62.5 Å². The van der Waals surface area contributed by atoms with E-state index in [4.69, 9.17) is 0 Å². The van der Waals surface area contributed by atoms with E-state index in [1.165, 1.54) is 31.2 Å². The summed E-state index contributed by atoms with van der Waals surface area (Å²) < 4.78 is 0. The molecule has 4 heteroatoms. The molecule has 1 aromatic rings. The number of fused-ring (bicyclic) bond motifs is 2. The molecular formula is C20H29ClN2O. The minimum absolute atomic E-state index is 0. The summed E-state index contributed by atoms with van der Waals surface area (Å²) in [6.45, 7) is 2.02. The zero-order valence-corrected chi connectivity index (χ0v) is 15.1. The predicted octanol–water partition coefficient (Wildman–Crippen LogP) is 3.33. The number of amides is 1. The van der Waals surface area contributed by atoms with Gasteiger partial charge in [-0.2, -0.15) is 0 Å². The first-order valence-electron chi connectivity index (χ1n) is 9.32. The molecule has 24 heavy (non-hydrogen) atoms. The molecule has 0 radical (unpaired) electrons. The Bertz CT molecular complexity index is 558. The summed E-state index contributed by atoms with van der Waals surface area (Å²) in [4.78, 5) is 13.3. The average molecular weight is 349 g/mol. The molecule has 0 spiro atoms. The highest BCUT2D eigenvalue weighted by Crippen LogP contribution is 2.57. The third-order valence-corrected chi connectivity index (χ3v) is 6.42. The van der Waals surface area contributed by atoms with E-state index in [1.54, 1.807) is 0 Å². The van der Waals surface area contributed by atoms with Gasteiger partial charge in [0.05, 0.1) is 5.41 Å². The van der Waals surface area contributed by atoms with Gasteiger partial charge < -0.3 is 10.6 Å². The van der Waals surface area contributed by atoms with E-state index in [2.05, 4.69) is 41.0 Å². The van der Waals surface area contributed by atoms with E-state index < -0.39 is 0 Å². The molecule has 132 valence electrons. The first-order valence-corrected chi connectivity index (χ1v) is 9.32. The lowest BCUT2D eigenvalue weighted by molar-refractivity contribution is -0.135. The maximum absolute atomic E-state index is 13.3. The van der Waals surface area contributed by atoms with E-state index in [1.807, 2.05) is 0 Å². The Morgan fingerprint density at radius 3 is 2.67 bits per heavy atom. The summed E-state index contributed by atoms with van der Waals surface area (Å²) in [6.07, 6.45) is 8.15. The van der Waals surface area contributed by atoms with Crippen LogP contribution in [0.4, 0.5) is 0 Å². The molecule has 4 atom stereocenters. The largest absolute Gasteiger partial charge is 0.352 e. The van der Waals surface area contributed by atoms with Crippen LogP contribution in [0.5, 0.6) is 0 Å². The average Bonchev–Trinajstić information content (AvgIpc) is 3.18. The van der Waals surface area contributed by atoms with Gasteiger partial charge in [-0.1, -0.05) is 36.8 Å². The molecule has 4 rings (SSSR count). The summed E-state index contributed by atoms with van der Waals surface area (Å²) in [7, 11) is 0. The number of piperidine rings is 1. The molecule has 2 aliphatic carbocycles. The molecule has 2 bridgehead atoms. The van der Waals surface area contributed by atoms with Crippen LogP contribution in [-0.2, 0) is 11.2 Å². The SMILES string of the molecule is Cl.O=C(NC1CCCNC1)C1(Cc2ccccc2)CC2CCC1C2. The Balaban J connectivity index is 0.00000169. The minimum Gasteiger partial charge on any atom is -0.352 e. The third kappa shape index (κ3) is 3.34. The predicted molar refractivity (Wildman–Crippen MR) is 99.3 cm³/mol. The molecule has 1 aliphatic heterocycles. The van der Waals surface area contributed by atoms with Crippen molar-refractivity contribution in [3.05, 3.63) is 35.9 Å². The van der Waals surface area contributed by atoms with Crippen LogP contribution in [0.25, 0.3) is 0 Å². The number of carbonyl (C=O) groups is 1. The highest BCUT2D eigenvalue weighted by atomic mass is 35.5. The van der Waals surface area contributed by atoms with Crippen molar-refractivity contribution in [3.8, 4) is 0 Å². The van der Waals surface area contributed by atoms with Crippen molar-refractivity contribution >= 4 is 18.3 Å². The van der Waals surface area contributed by atoms with Crippen LogP contribution in [0.15, 0.2) is 30.3 Å². The van der Waals surface area contributed by atoms with E-state index >= 15 is 0 Å². The van der Waals surface area contributed by atoms with Gasteiger partial charge in [-0.3, -0.25) is 4.79 Å². The van der Waals surface area contributed by atoms with Crippen molar-refractivity contribution in [2.45, 2.75) is 51.0 Å². The molecule has 2 saturated carbocycles. The summed E-state index contributed by atoms with van der Waals surface area (Å²) in [5.74, 6) is 1.70. The number of nitrogens with one attached hydrogen (secondary N) is 2. The normalized spacial score (nSPS) is 34.6. The minimum atomic E-state index is -0.151. The van der Waals surface area contributed by atoms with Crippen molar-refractivity contribution in [2.75, 3.05) is 13.1 Å². The van der Waals surface area contributed by atoms with Crippen LogP contribution in [0.2, 0.25) is 0 Å². The van der Waals surface area contributed by atoms with Crippen LogP contribution < -0.4 is 10.6 Å². The number of hydrogen-bond donors (Lipinski definition) is 2. The highest BCUT2D eigenvalue weighted by Gasteiger charge is 2.55. The second kappa shape index (κ2) is 7.45. The van der Waals surface area contributed by atoms with Crippen LogP contribution in [-0.4, -0.2) is 25.0 Å². The highest BCUT2D eigenvalue weighted by molar-refractivity contribution is 5.85. The first kappa shape index (κ1) is 17.8. The molecule has 3 aliphatic rings.